The third-order valence-electron chi connectivity index (χ3n) is 4.16. The van der Waals surface area contributed by atoms with Crippen LogP contribution in [0.3, 0.4) is 0 Å². The Labute approximate surface area is 331 Å². The molecule has 6 radical (unpaired) electrons. The second-order valence-corrected chi connectivity index (χ2v) is 6.47. The zero-order valence-electron chi connectivity index (χ0n) is 19.9. The van der Waals surface area contributed by atoms with Gasteiger partial charge in [-0.2, -0.15) is 0 Å². The van der Waals surface area contributed by atoms with Gasteiger partial charge in [-0.05, 0) is 36.4 Å². The van der Waals surface area contributed by atoms with Crippen LogP contribution in [-0.2, 0) is 134 Å². The molecule has 0 saturated carbocycles. The van der Waals surface area contributed by atoms with Gasteiger partial charge in [0, 0.05) is 134 Å². The maximum absolute atomic E-state index is 10.5. The van der Waals surface area contributed by atoms with Crippen LogP contribution in [0.25, 0.3) is 0 Å². The largest absolute Gasteiger partial charge is 0.478 e. The molecule has 0 aliphatic heterocycles. The fraction of sp³-hybridized carbons (Fsp3) is 0. The molecule has 6 N–H and O–H groups in total. The molecule has 0 atom stereocenters. The fourth-order valence-corrected chi connectivity index (χ4v) is 2.57. The van der Waals surface area contributed by atoms with Gasteiger partial charge >= 0.3 is 35.8 Å². The molecule has 12 nitrogen and oxygen atoms in total. The minimum atomic E-state index is -1.23. The monoisotopic (exact) mass is 1140 g/mol. The van der Waals surface area contributed by atoms with Crippen LogP contribution in [0.5, 0.6) is 0 Å². The van der Waals surface area contributed by atoms with Crippen molar-refractivity contribution in [3.05, 3.63) is 106 Å². The Hall–Kier alpha value is -1.08. The molecule has 3 aromatic rings. The van der Waals surface area contributed by atoms with Crippen molar-refractivity contribution in [1.29, 1.82) is 0 Å². The number of benzene rings is 3. The number of aromatic carboxylic acids is 6. The Morgan fingerprint density at radius 2 is 0.381 bits per heavy atom. The first-order chi connectivity index (χ1) is 16.9. The molecule has 252 valence electrons. The van der Waals surface area contributed by atoms with Crippen LogP contribution in [0.15, 0.2) is 72.8 Å². The van der Waals surface area contributed by atoms with Crippen molar-refractivity contribution in [2.24, 2.45) is 0 Å². The predicted octanol–water partition coefficient (Wildman–Crippen LogP) is 3.23. The average Bonchev–Trinajstić information content (AvgIpc) is 2.84. The molecule has 0 spiro atoms. The SMILES string of the molecule is O=C(O)c1ccccc1C(=O)O.O=C(O)c1ccccc1C(=O)O.O=C(O)c1ccccc1C(=O)O.[Ag].[Ag].[Ag].[Ag].[Ag].[Ag]. The molecule has 0 aliphatic carbocycles. The van der Waals surface area contributed by atoms with Gasteiger partial charge in [0.2, 0.25) is 0 Å². The summed E-state index contributed by atoms with van der Waals surface area (Å²) in [6.07, 6.45) is 0. The molecule has 0 amide bonds. The maximum Gasteiger partial charge on any atom is 0.336 e. The molecular weight excluding hydrogens is 1130 g/mol. The topological polar surface area (TPSA) is 224 Å². The second-order valence-electron chi connectivity index (χ2n) is 6.47. The Kier molecular flexibility index (Phi) is 35.0. The summed E-state index contributed by atoms with van der Waals surface area (Å²) in [7, 11) is 0. The van der Waals surface area contributed by atoms with Crippen LogP contribution in [0.1, 0.15) is 62.1 Å². The molecule has 0 bridgehead atoms. The van der Waals surface area contributed by atoms with E-state index in [0.29, 0.717) is 0 Å². The van der Waals surface area contributed by atoms with Crippen molar-refractivity contribution in [2.75, 3.05) is 0 Å². The third-order valence-corrected chi connectivity index (χ3v) is 4.16. The number of hydrogen-bond donors (Lipinski definition) is 6. The van der Waals surface area contributed by atoms with E-state index in [4.69, 9.17) is 30.6 Å². The van der Waals surface area contributed by atoms with Crippen molar-refractivity contribution >= 4 is 35.8 Å². The van der Waals surface area contributed by atoms with Crippen LogP contribution in [0.2, 0.25) is 0 Å². The first-order valence-corrected chi connectivity index (χ1v) is 9.55. The van der Waals surface area contributed by atoms with Crippen LogP contribution in [0, 0.1) is 0 Å². The Bertz CT molecular complexity index is 1080. The number of carboxylic acid groups (broad SMARTS) is 6. The van der Waals surface area contributed by atoms with E-state index < -0.39 is 35.8 Å². The molecule has 42 heavy (non-hydrogen) atoms. The normalized spacial score (nSPS) is 8.00. The van der Waals surface area contributed by atoms with Gasteiger partial charge < -0.3 is 30.6 Å². The van der Waals surface area contributed by atoms with Gasteiger partial charge in [-0.1, -0.05) is 36.4 Å². The average molecular weight is 1150 g/mol. The minimum Gasteiger partial charge on any atom is -0.478 e. The summed E-state index contributed by atoms with van der Waals surface area (Å²) in [6, 6.07) is 16.4. The molecule has 0 heterocycles. The van der Waals surface area contributed by atoms with Gasteiger partial charge in [0.25, 0.3) is 0 Å². The van der Waals surface area contributed by atoms with Gasteiger partial charge in [0.1, 0.15) is 0 Å². The summed E-state index contributed by atoms with van der Waals surface area (Å²) in [5.74, 6) is -7.37. The Balaban J connectivity index is -0.000000108. The molecule has 18 heteroatoms. The molecule has 0 saturated heterocycles. The fourth-order valence-electron chi connectivity index (χ4n) is 2.57. The van der Waals surface area contributed by atoms with E-state index in [9.17, 15) is 28.8 Å². The van der Waals surface area contributed by atoms with E-state index in [1.54, 1.807) is 0 Å². The Morgan fingerprint density at radius 1 is 0.286 bits per heavy atom. The van der Waals surface area contributed by atoms with Crippen LogP contribution in [0.4, 0.5) is 0 Å². The molecule has 0 unspecified atom stereocenters. The van der Waals surface area contributed by atoms with E-state index >= 15 is 0 Å². The van der Waals surface area contributed by atoms with Crippen molar-refractivity contribution < 1.29 is 194 Å². The molecule has 0 fully saturated rings. The van der Waals surface area contributed by atoms with Crippen molar-refractivity contribution in [3.8, 4) is 0 Å². The van der Waals surface area contributed by atoms with Crippen molar-refractivity contribution in [1.82, 2.24) is 0 Å². The zero-order valence-corrected chi connectivity index (χ0v) is 28.8. The predicted molar refractivity (Wildman–Crippen MR) is 121 cm³/mol. The summed E-state index contributed by atoms with van der Waals surface area (Å²) in [5, 5.41) is 51.3. The number of rotatable bonds is 6. The van der Waals surface area contributed by atoms with Crippen LogP contribution in [-0.4, -0.2) is 66.5 Å². The van der Waals surface area contributed by atoms with Crippen molar-refractivity contribution in [2.45, 2.75) is 0 Å². The smallest absolute Gasteiger partial charge is 0.336 e. The summed E-state index contributed by atoms with van der Waals surface area (Å²) in [4.78, 5) is 62.8. The summed E-state index contributed by atoms with van der Waals surface area (Å²) in [6.45, 7) is 0. The molecular formula is C24H18Ag6O12. The molecule has 0 aliphatic rings. The van der Waals surface area contributed by atoms with Crippen LogP contribution >= 0.6 is 0 Å². The standard InChI is InChI=1S/3C8H6O4.6Ag/c3*9-7(10)5-3-1-2-4-6(5)8(11)12;;;;;;/h3*1-4H,(H,9,10)(H,11,12);;;;;;. The quantitative estimate of drug-likeness (QED) is 0.196. The first kappa shape index (κ1) is 53.5. The van der Waals surface area contributed by atoms with Gasteiger partial charge in [-0.15, -0.1) is 0 Å². The van der Waals surface area contributed by atoms with Gasteiger partial charge in [0.05, 0.1) is 33.4 Å². The first-order valence-electron chi connectivity index (χ1n) is 9.55. The minimum absolute atomic E-state index is 0. The van der Waals surface area contributed by atoms with Gasteiger partial charge in [-0.3, -0.25) is 0 Å². The zero-order chi connectivity index (χ0) is 27.4. The van der Waals surface area contributed by atoms with E-state index in [1.807, 2.05) is 0 Å². The van der Waals surface area contributed by atoms with E-state index in [-0.39, 0.29) is 168 Å². The molecule has 0 aromatic heterocycles. The van der Waals surface area contributed by atoms with Gasteiger partial charge in [-0.25, -0.2) is 28.8 Å². The van der Waals surface area contributed by atoms with Crippen LogP contribution < -0.4 is 0 Å². The molecule has 3 rings (SSSR count). The number of hydrogen-bond acceptors (Lipinski definition) is 6. The van der Waals surface area contributed by atoms with E-state index in [1.165, 1.54) is 72.8 Å². The van der Waals surface area contributed by atoms with Crippen molar-refractivity contribution in [3.63, 3.8) is 0 Å². The second kappa shape index (κ2) is 27.5. The third kappa shape index (κ3) is 17.9. The Morgan fingerprint density at radius 3 is 0.452 bits per heavy atom. The van der Waals surface area contributed by atoms with Gasteiger partial charge in [0.15, 0.2) is 0 Å². The number of carbonyl (C=O) groups is 6. The molecule has 3 aromatic carbocycles. The summed E-state index contributed by atoms with van der Waals surface area (Å²) in [5.41, 5.74) is -1.14. The summed E-state index contributed by atoms with van der Waals surface area (Å²) >= 11 is 0. The maximum atomic E-state index is 10.5. The summed E-state index contributed by atoms with van der Waals surface area (Å²) < 4.78 is 0. The van der Waals surface area contributed by atoms with E-state index in [2.05, 4.69) is 0 Å². The van der Waals surface area contributed by atoms with E-state index in [0.717, 1.165) is 0 Å². The number of carboxylic acids is 6.